The van der Waals surface area contributed by atoms with Crippen molar-refractivity contribution in [2.75, 3.05) is 30.8 Å². The smallest absolute Gasteiger partial charge is 0.232 e. The molecule has 2 aromatic rings. The number of nitrogens with zero attached hydrogens (tertiary/aromatic N) is 1. The molecular formula is C23H32N2O5S. The minimum Gasteiger partial charge on any atom is -0.493 e. The molecule has 0 unspecified atom stereocenters. The van der Waals surface area contributed by atoms with Crippen molar-refractivity contribution >= 4 is 21.6 Å². The highest BCUT2D eigenvalue weighted by molar-refractivity contribution is 7.92. The topological polar surface area (TPSA) is 84.9 Å². The standard InChI is InChI=1S/C23H32N2O5S/c1-17-13-18(2)15-20(14-17)25(31(5,27)28)12-8-11-23(26)24-19(3)16-30-22-10-7-6-9-21(22)29-4/h6-7,9-10,13-15,19H,8,11-12,16H2,1-5H3,(H,24,26)/t19-/m1/s1. The van der Waals surface area contributed by atoms with Crippen LogP contribution in [0.5, 0.6) is 11.5 Å². The number of carbonyl (C=O) groups is 1. The van der Waals surface area contributed by atoms with E-state index in [1.54, 1.807) is 13.2 Å². The van der Waals surface area contributed by atoms with Gasteiger partial charge in [0, 0.05) is 13.0 Å². The Kier molecular flexibility index (Phi) is 8.74. The number of benzene rings is 2. The summed E-state index contributed by atoms with van der Waals surface area (Å²) < 4.78 is 36.9. The molecule has 0 aliphatic heterocycles. The van der Waals surface area contributed by atoms with E-state index < -0.39 is 10.0 Å². The van der Waals surface area contributed by atoms with Crippen molar-refractivity contribution in [2.45, 2.75) is 39.7 Å². The average Bonchev–Trinajstić information content (AvgIpc) is 2.68. The summed E-state index contributed by atoms with van der Waals surface area (Å²) in [5, 5.41) is 2.89. The van der Waals surface area contributed by atoms with Crippen LogP contribution in [0.15, 0.2) is 42.5 Å². The number of para-hydroxylation sites is 2. The minimum absolute atomic E-state index is 0.148. The Bertz CT molecular complexity index is 971. The zero-order valence-corrected chi connectivity index (χ0v) is 19.7. The number of methoxy groups -OCH3 is 1. The van der Waals surface area contributed by atoms with E-state index >= 15 is 0 Å². The lowest BCUT2D eigenvalue weighted by atomic mass is 10.1. The van der Waals surface area contributed by atoms with Gasteiger partial charge in [0.25, 0.3) is 0 Å². The predicted octanol–water partition coefficient (Wildman–Crippen LogP) is 3.44. The second-order valence-corrected chi connectivity index (χ2v) is 9.62. The van der Waals surface area contributed by atoms with E-state index in [1.165, 1.54) is 10.6 Å². The molecule has 0 saturated carbocycles. The maximum Gasteiger partial charge on any atom is 0.232 e. The van der Waals surface area contributed by atoms with Gasteiger partial charge in [0.2, 0.25) is 15.9 Å². The Morgan fingerprint density at radius 1 is 1.10 bits per heavy atom. The molecule has 8 heteroatoms. The van der Waals surface area contributed by atoms with Gasteiger partial charge in [0.05, 0.1) is 25.1 Å². The highest BCUT2D eigenvalue weighted by Gasteiger charge is 2.18. The van der Waals surface area contributed by atoms with Gasteiger partial charge in [0.15, 0.2) is 11.5 Å². The van der Waals surface area contributed by atoms with Crippen molar-refractivity contribution in [3.63, 3.8) is 0 Å². The van der Waals surface area contributed by atoms with E-state index in [0.717, 1.165) is 11.1 Å². The Morgan fingerprint density at radius 2 is 1.71 bits per heavy atom. The number of ether oxygens (including phenoxy) is 2. The van der Waals surface area contributed by atoms with Crippen LogP contribution in [0.1, 0.15) is 30.9 Å². The second-order valence-electron chi connectivity index (χ2n) is 7.72. The summed E-state index contributed by atoms with van der Waals surface area (Å²) >= 11 is 0. The van der Waals surface area contributed by atoms with Gasteiger partial charge in [-0.2, -0.15) is 0 Å². The number of aryl methyl sites for hydroxylation is 2. The SMILES string of the molecule is COc1ccccc1OC[C@@H](C)NC(=O)CCCN(c1cc(C)cc(C)c1)S(C)(=O)=O. The van der Waals surface area contributed by atoms with E-state index in [0.29, 0.717) is 30.2 Å². The number of amides is 1. The molecule has 31 heavy (non-hydrogen) atoms. The molecule has 0 heterocycles. The van der Waals surface area contributed by atoms with Crippen molar-refractivity contribution in [2.24, 2.45) is 0 Å². The third-order valence-electron chi connectivity index (χ3n) is 4.63. The number of rotatable bonds is 11. The van der Waals surface area contributed by atoms with Crippen molar-refractivity contribution in [1.82, 2.24) is 5.32 Å². The molecule has 0 radical (unpaired) electrons. The molecule has 7 nitrogen and oxygen atoms in total. The van der Waals surface area contributed by atoms with Gasteiger partial charge >= 0.3 is 0 Å². The van der Waals surface area contributed by atoms with Crippen LogP contribution in [0.2, 0.25) is 0 Å². The zero-order valence-electron chi connectivity index (χ0n) is 18.8. The summed E-state index contributed by atoms with van der Waals surface area (Å²) in [6.45, 7) is 6.24. The summed E-state index contributed by atoms with van der Waals surface area (Å²) in [6.07, 6.45) is 1.81. The fourth-order valence-corrected chi connectivity index (χ4v) is 4.25. The third kappa shape index (κ3) is 7.79. The van der Waals surface area contributed by atoms with Gasteiger partial charge in [0.1, 0.15) is 6.61 Å². The molecule has 1 N–H and O–H groups in total. The summed E-state index contributed by atoms with van der Waals surface area (Å²) in [5.41, 5.74) is 2.61. The lowest BCUT2D eigenvalue weighted by molar-refractivity contribution is -0.121. The van der Waals surface area contributed by atoms with Crippen LogP contribution in [0.3, 0.4) is 0 Å². The first-order valence-corrected chi connectivity index (χ1v) is 12.1. The summed E-state index contributed by atoms with van der Waals surface area (Å²) in [5.74, 6) is 1.10. The fourth-order valence-electron chi connectivity index (χ4n) is 3.31. The molecule has 2 rings (SSSR count). The quantitative estimate of drug-likeness (QED) is 0.569. The maximum absolute atomic E-state index is 12.3. The summed E-state index contributed by atoms with van der Waals surface area (Å²) in [6, 6.07) is 12.8. The largest absolute Gasteiger partial charge is 0.493 e. The van der Waals surface area contributed by atoms with E-state index in [-0.39, 0.29) is 24.9 Å². The fraction of sp³-hybridized carbons (Fsp3) is 0.435. The van der Waals surface area contributed by atoms with Gasteiger partial charge < -0.3 is 14.8 Å². The van der Waals surface area contributed by atoms with Crippen LogP contribution >= 0.6 is 0 Å². The van der Waals surface area contributed by atoms with Gasteiger partial charge in [-0.25, -0.2) is 8.42 Å². The first kappa shape index (κ1) is 24.5. The molecule has 0 fully saturated rings. The van der Waals surface area contributed by atoms with Crippen molar-refractivity contribution in [3.05, 3.63) is 53.6 Å². The predicted molar refractivity (Wildman–Crippen MR) is 123 cm³/mol. The molecule has 0 aliphatic carbocycles. The van der Waals surface area contributed by atoms with Crippen molar-refractivity contribution < 1.29 is 22.7 Å². The van der Waals surface area contributed by atoms with Crippen molar-refractivity contribution in [3.8, 4) is 11.5 Å². The summed E-state index contributed by atoms with van der Waals surface area (Å²) in [7, 11) is -1.87. The average molecular weight is 449 g/mol. The van der Waals surface area contributed by atoms with Crippen molar-refractivity contribution in [1.29, 1.82) is 0 Å². The molecule has 0 saturated heterocycles. The Hall–Kier alpha value is -2.74. The first-order chi connectivity index (χ1) is 14.6. The molecule has 2 aromatic carbocycles. The maximum atomic E-state index is 12.3. The van der Waals surface area contributed by atoms with Gasteiger partial charge in [-0.15, -0.1) is 0 Å². The molecule has 0 aromatic heterocycles. The van der Waals surface area contributed by atoms with Crippen LogP contribution in [0, 0.1) is 13.8 Å². The number of hydrogen-bond acceptors (Lipinski definition) is 5. The number of sulfonamides is 1. The Morgan fingerprint density at radius 3 is 2.29 bits per heavy atom. The molecule has 1 amide bonds. The van der Waals surface area contributed by atoms with Gasteiger partial charge in [-0.05, 0) is 62.6 Å². The minimum atomic E-state index is -3.45. The number of nitrogens with one attached hydrogen (secondary N) is 1. The molecular weight excluding hydrogens is 416 g/mol. The highest BCUT2D eigenvalue weighted by Crippen LogP contribution is 2.26. The highest BCUT2D eigenvalue weighted by atomic mass is 32.2. The van der Waals surface area contributed by atoms with Crippen LogP contribution in [-0.2, 0) is 14.8 Å². The first-order valence-electron chi connectivity index (χ1n) is 10.2. The number of hydrogen-bond donors (Lipinski definition) is 1. The molecule has 0 aliphatic rings. The molecule has 1 atom stereocenters. The number of carbonyl (C=O) groups excluding carboxylic acids is 1. The molecule has 170 valence electrons. The van der Waals surface area contributed by atoms with Gasteiger partial charge in [-0.3, -0.25) is 9.10 Å². The van der Waals surface area contributed by atoms with E-state index in [2.05, 4.69) is 5.32 Å². The van der Waals surface area contributed by atoms with E-state index in [1.807, 2.05) is 57.2 Å². The number of anilines is 1. The monoisotopic (exact) mass is 448 g/mol. The normalized spacial score (nSPS) is 12.2. The second kappa shape index (κ2) is 11.0. The Labute approximate surface area is 185 Å². The zero-order chi connectivity index (χ0) is 23.0. The van der Waals surface area contributed by atoms with E-state index in [9.17, 15) is 13.2 Å². The van der Waals surface area contributed by atoms with Gasteiger partial charge in [-0.1, -0.05) is 18.2 Å². The lowest BCUT2D eigenvalue weighted by Crippen LogP contribution is -2.37. The van der Waals surface area contributed by atoms with Crippen LogP contribution in [-0.4, -0.2) is 46.9 Å². The van der Waals surface area contributed by atoms with E-state index in [4.69, 9.17) is 9.47 Å². The van der Waals surface area contributed by atoms with Crippen LogP contribution in [0.25, 0.3) is 0 Å². The Balaban J connectivity index is 1.86. The molecule has 0 bridgehead atoms. The van der Waals surface area contributed by atoms with Crippen LogP contribution in [0.4, 0.5) is 5.69 Å². The van der Waals surface area contributed by atoms with Crippen LogP contribution < -0.4 is 19.1 Å². The lowest BCUT2D eigenvalue weighted by Gasteiger charge is -2.23. The third-order valence-corrected chi connectivity index (χ3v) is 5.82. The molecule has 0 spiro atoms. The summed E-state index contributed by atoms with van der Waals surface area (Å²) in [4.78, 5) is 12.3.